The minimum absolute atomic E-state index is 0.918. The highest BCUT2D eigenvalue weighted by atomic mass is 32.1. The maximum atomic E-state index is 4.22. The van der Waals surface area contributed by atoms with Crippen LogP contribution >= 0.6 is 12.6 Å². The molecule has 1 rings (SSSR count). The molecule has 0 atom stereocenters. The van der Waals surface area contributed by atoms with Gasteiger partial charge in [-0.2, -0.15) is 0 Å². The zero-order valence-corrected chi connectivity index (χ0v) is 8.49. The SMILES string of the molecule is CCCC=C1C=C=C(S)C=C1C. The zero-order valence-electron chi connectivity index (χ0n) is 7.59. The van der Waals surface area contributed by atoms with Crippen LogP contribution in [0.1, 0.15) is 26.7 Å². The summed E-state index contributed by atoms with van der Waals surface area (Å²) in [7, 11) is 0. The van der Waals surface area contributed by atoms with Gasteiger partial charge in [-0.25, -0.2) is 0 Å². The summed E-state index contributed by atoms with van der Waals surface area (Å²) in [5.41, 5.74) is 5.65. The lowest BCUT2D eigenvalue weighted by Crippen LogP contribution is -1.85. The van der Waals surface area contributed by atoms with E-state index in [-0.39, 0.29) is 0 Å². The van der Waals surface area contributed by atoms with E-state index in [9.17, 15) is 0 Å². The molecule has 0 aliphatic heterocycles. The van der Waals surface area contributed by atoms with E-state index in [0.29, 0.717) is 0 Å². The van der Waals surface area contributed by atoms with Crippen LogP contribution in [0.4, 0.5) is 0 Å². The van der Waals surface area contributed by atoms with Crippen molar-refractivity contribution in [2.24, 2.45) is 0 Å². The smallest absolute Gasteiger partial charge is 0.0465 e. The number of unbranched alkanes of at least 4 members (excludes halogenated alkanes) is 1. The number of hydrogen-bond donors (Lipinski definition) is 1. The van der Waals surface area contributed by atoms with Gasteiger partial charge in [-0.15, -0.1) is 18.4 Å². The average Bonchev–Trinajstić information content (AvgIpc) is 2.03. The Labute approximate surface area is 79.8 Å². The third-order valence-corrected chi connectivity index (χ3v) is 2.10. The second-order valence-electron chi connectivity index (χ2n) is 2.95. The third kappa shape index (κ3) is 2.44. The molecule has 1 aliphatic rings. The van der Waals surface area contributed by atoms with E-state index in [2.05, 4.69) is 38.3 Å². The highest BCUT2D eigenvalue weighted by Gasteiger charge is 1.99. The summed E-state index contributed by atoms with van der Waals surface area (Å²) in [6.45, 7) is 4.29. The van der Waals surface area contributed by atoms with Gasteiger partial charge >= 0.3 is 0 Å². The molecule has 12 heavy (non-hydrogen) atoms. The molecule has 64 valence electrons. The van der Waals surface area contributed by atoms with E-state index in [4.69, 9.17) is 0 Å². The molecule has 0 fully saturated rings. The van der Waals surface area contributed by atoms with E-state index in [1.54, 1.807) is 0 Å². The fraction of sp³-hybridized carbons (Fsp3) is 0.364. The zero-order chi connectivity index (χ0) is 8.97. The standard InChI is InChI=1S/C11H14S/c1-3-4-5-10-6-7-11(12)8-9(10)2/h5-6,8,12H,3-4H2,1-2H3. The van der Waals surface area contributed by atoms with Crippen LogP contribution in [0.3, 0.4) is 0 Å². The summed E-state index contributed by atoms with van der Waals surface area (Å²) in [4.78, 5) is 0.918. The minimum atomic E-state index is 0.918. The molecule has 0 unspecified atom stereocenters. The maximum absolute atomic E-state index is 4.22. The first kappa shape index (κ1) is 9.44. The fourth-order valence-corrected chi connectivity index (χ4v) is 1.37. The number of rotatable bonds is 2. The molecule has 0 aromatic rings. The lowest BCUT2D eigenvalue weighted by molar-refractivity contribution is 0.953. The summed E-state index contributed by atoms with van der Waals surface area (Å²) in [6.07, 6.45) is 8.64. The lowest BCUT2D eigenvalue weighted by atomic mass is 10.0. The van der Waals surface area contributed by atoms with Crippen LogP contribution in [0, 0.1) is 0 Å². The molecule has 0 heterocycles. The van der Waals surface area contributed by atoms with Crippen LogP contribution in [-0.4, -0.2) is 0 Å². The van der Waals surface area contributed by atoms with Gasteiger partial charge in [-0.05, 0) is 36.6 Å². The molecule has 0 N–H and O–H groups in total. The Morgan fingerprint density at radius 2 is 2.33 bits per heavy atom. The second kappa shape index (κ2) is 4.39. The molecule has 1 aliphatic carbocycles. The van der Waals surface area contributed by atoms with Crippen LogP contribution < -0.4 is 0 Å². The number of hydrogen-bond acceptors (Lipinski definition) is 1. The van der Waals surface area contributed by atoms with E-state index in [1.165, 1.54) is 17.6 Å². The Balaban J connectivity index is 2.84. The normalized spacial score (nSPS) is 19.4. The van der Waals surface area contributed by atoms with E-state index < -0.39 is 0 Å². The van der Waals surface area contributed by atoms with Gasteiger partial charge in [0.15, 0.2) is 0 Å². The average molecular weight is 178 g/mol. The molecule has 0 aromatic carbocycles. The van der Waals surface area contributed by atoms with Gasteiger partial charge in [0.25, 0.3) is 0 Å². The molecule has 0 amide bonds. The van der Waals surface area contributed by atoms with Crippen molar-refractivity contribution in [3.63, 3.8) is 0 Å². The van der Waals surface area contributed by atoms with Gasteiger partial charge in [0.1, 0.15) is 0 Å². The van der Waals surface area contributed by atoms with Crippen molar-refractivity contribution in [1.82, 2.24) is 0 Å². The largest absolute Gasteiger partial charge is 0.135 e. The Hall–Kier alpha value is -0.650. The Morgan fingerprint density at radius 3 is 2.92 bits per heavy atom. The first-order valence-electron chi connectivity index (χ1n) is 4.28. The van der Waals surface area contributed by atoms with Crippen molar-refractivity contribution < 1.29 is 0 Å². The summed E-state index contributed by atoms with van der Waals surface area (Å²) in [5, 5.41) is 0. The van der Waals surface area contributed by atoms with Crippen molar-refractivity contribution in [1.29, 1.82) is 0 Å². The molecule has 0 saturated carbocycles. The van der Waals surface area contributed by atoms with Gasteiger partial charge in [0.2, 0.25) is 0 Å². The van der Waals surface area contributed by atoms with Gasteiger partial charge in [0, 0.05) is 4.91 Å². The number of allylic oxidation sites excluding steroid dienone is 4. The molecule has 0 spiro atoms. The highest BCUT2D eigenvalue weighted by molar-refractivity contribution is 7.84. The highest BCUT2D eigenvalue weighted by Crippen LogP contribution is 2.19. The van der Waals surface area contributed by atoms with Gasteiger partial charge < -0.3 is 0 Å². The Morgan fingerprint density at radius 1 is 1.58 bits per heavy atom. The molecular formula is C11H14S. The minimum Gasteiger partial charge on any atom is -0.135 e. The van der Waals surface area contributed by atoms with Crippen molar-refractivity contribution in [3.05, 3.63) is 40.0 Å². The second-order valence-corrected chi connectivity index (χ2v) is 3.43. The Bertz CT molecular complexity index is 286. The van der Waals surface area contributed by atoms with Crippen LogP contribution in [0.25, 0.3) is 0 Å². The van der Waals surface area contributed by atoms with E-state index in [0.717, 1.165) is 11.3 Å². The quantitative estimate of drug-likeness (QED) is 0.484. The first-order valence-corrected chi connectivity index (χ1v) is 4.73. The molecular weight excluding hydrogens is 164 g/mol. The van der Waals surface area contributed by atoms with Gasteiger partial charge in [-0.1, -0.05) is 19.4 Å². The van der Waals surface area contributed by atoms with Crippen LogP contribution in [-0.2, 0) is 0 Å². The van der Waals surface area contributed by atoms with Crippen molar-refractivity contribution in [2.45, 2.75) is 26.7 Å². The monoisotopic (exact) mass is 178 g/mol. The Kier molecular flexibility index (Phi) is 3.46. The summed E-state index contributed by atoms with van der Waals surface area (Å²) in [5.74, 6) is 0. The van der Waals surface area contributed by atoms with Gasteiger partial charge in [-0.3, -0.25) is 0 Å². The molecule has 0 aromatic heterocycles. The molecule has 0 nitrogen and oxygen atoms in total. The van der Waals surface area contributed by atoms with Crippen LogP contribution in [0.15, 0.2) is 40.0 Å². The van der Waals surface area contributed by atoms with Crippen molar-refractivity contribution >= 4 is 12.6 Å². The van der Waals surface area contributed by atoms with Crippen LogP contribution in [0.5, 0.6) is 0 Å². The van der Waals surface area contributed by atoms with E-state index >= 15 is 0 Å². The van der Waals surface area contributed by atoms with E-state index in [1.807, 2.05) is 12.2 Å². The fourth-order valence-electron chi connectivity index (χ4n) is 1.12. The predicted octanol–water partition coefficient (Wildman–Crippen LogP) is 3.64. The maximum Gasteiger partial charge on any atom is 0.0465 e. The van der Waals surface area contributed by atoms with Crippen molar-refractivity contribution in [3.8, 4) is 0 Å². The molecule has 0 bridgehead atoms. The summed E-state index contributed by atoms with van der Waals surface area (Å²) in [6, 6.07) is 0. The summed E-state index contributed by atoms with van der Waals surface area (Å²) < 4.78 is 0. The third-order valence-electron chi connectivity index (χ3n) is 1.84. The summed E-state index contributed by atoms with van der Waals surface area (Å²) >= 11 is 4.22. The molecule has 0 saturated heterocycles. The lowest BCUT2D eigenvalue weighted by Gasteiger charge is -2.05. The van der Waals surface area contributed by atoms with Crippen molar-refractivity contribution in [2.75, 3.05) is 0 Å². The number of thiol groups is 1. The predicted molar refractivity (Wildman–Crippen MR) is 57.3 cm³/mol. The molecule has 1 heteroatoms. The first-order chi connectivity index (χ1) is 5.74. The molecule has 0 radical (unpaired) electrons. The topological polar surface area (TPSA) is 0 Å². The van der Waals surface area contributed by atoms with Gasteiger partial charge in [0.05, 0.1) is 0 Å². The van der Waals surface area contributed by atoms with Crippen LogP contribution in [0.2, 0.25) is 0 Å².